The van der Waals surface area contributed by atoms with Crippen LogP contribution in [-0.4, -0.2) is 5.11 Å². The first-order chi connectivity index (χ1) is 8.65. The van der Waals surface area contributed by atoms with Crippen molar-refractivity contribution in [2.75, 3.05) is 0 Å². The van der Waals surface area contributed by atoms with Crippen molar-refractivity contribution in [3.63, 3.8) is 0 Å². The van der Waals surface area contributed by atoms with Crippen LogP contribution in [-0.2, 0) is 12.8 Å². The van der Waals surface area contributed by atoms with Gasteiger partial charge in [-0.15, -0.1) is 0 Å². The van der Waals surface area contributed by atoms with Gasteiger partial charge in [-0.25, -0.2) is 4.79 Å². The smallest absolute Gasteiger partial charge is 0.339 e. The highest BCUT2D eigenvalue weighted by Crippen LogP contribution is 2.51. The summed E-state index contributed by atoms with van der Waals surface area (Å²) in [5.41, 5.74) is -0.375. The molecular formula is C14H14O4. The van der Waals surface area contributed by atoms with Crippen LogP contribution in [0.5, 0.6) is 5.75 Å². The molecule has 1 aliphatic carbocycles. The third kappa shape index (κ3) is 2.32. The largest absolute Gasteiger partial charge is 0.508 e. The fraction of sp³-hybridized carbons (Fsp3) is 0.357. The number of hydrogen-bond donors (Lipinski definition) is 1. The molecule has 1 saturated carbocycles. The molecule has 0 atom stereocenters. The lowest BCUT2D eigenvalue weighted by Gasteiger charge is -2.12. The Bertz CT molecular complexity index is 591. The summed E-state index contributed by atoms with van der Waals surface area (Å²) >= 11 is 0. The summed E-state index contributed by atoms with van der Waals surface area (Å²) in [6.45, 7) is 0. The van der Waals surface area contributed by atoms with E-state index in [1.807, 2.05) is 12.1 Å². The summed E-state index contributed by atoms with van der Waals surface area (Å²) in [7, 11) is 0. The van der Waals surface area contributed by atoms with Gasteiger partial charge in [0.1, 0.15) is 17.3 Å². The van der Waals surface area contributed by atoms with Gasteiger partial charge in [0.2, 0.25) is 0 Å². The highest BCUT2D eigenvalue weighted by molar-refractivity contribution is 5.21. The van der Waals surface area contributed by atoms with Crippen molar-refractivity contribution in [3.8, 4) is 5.75 Å². The lowest BCUT2D eigenvalue weighted by molar-refractivity contribution is 0.364. The maximum absolute atomic E-state index is 11.2. The van der Waals surface area contributed by atoms with E-state index in [-0.39, 0.29) is 11.2 Å². The number of hydrogen-bond acceptors (Lipinski definition) is 4. The molecule has 94 valence electrons. The van der Waals surface area contributed by atoms with Crippen LogP contribution in [0.2, 0.25) is 0 Å². The predicted molar refractivity (Wildman–Crippen MR) is 64.4 cm³/mol. The number of furan rings is 1. The average Bonchev–Trinajstić information content (AvgIpc) is 2.84. The monoisotopic (exact) mass is 246 g/mol. The summed E-state index contributed by atoms with van der Waals surface area (Å²) in [6.07, 6.45) is 5.36. The van der Waals surface area contributed by atoms with E-state index >= 15 is 0 Å². The van der Waals surface area contributed by atoms with Gasteiger partial charge in [-0.2, -0.15) is 0 Å². The first kappa shape index (κ1) is 11.1. The summed E-state index contributed by atoms with van der Waals surface area (Å²) in [4.78, 5) is 11.2. The first-order valence-corrected chi connectivity index (χ1v) is 6.01. The zero-order valence-electron chi connectivity index (χ0n) is 9.89. The molecule has 0 bridgehead atoms. The van der Waals surface area contributed by atoms with Gasteiger partial charge in [-0.1, -0.05) is 0 Å². The molecule has 4 heteroatoms. The van der Waals surface area contributed by atoms with E-state index in [2.05, 4.69) is 0 Å². The summed E-state index contributed by atoms with van der Waals surface area (Å²) in [6, 6.07) is 6.43. The van der Waals surface area contributed by atoms with E-state index in [0.29, 0.717) is 12.2 Å². The van der Waals surface area contributed by atoms with Crippen molar-refractivity contribution in [3.05, 3.63) is 52.5 Å². The zero-order valence-corrected chi connectivity index (χ0v) is 9.89. The molecule has 1 fully saturated rings. The molecule has 0 amide bonds. The van der Waals surface area contributed by atoms with E-state index in [9.17, 15) is 9.90 Å². The topological polar surface area (TPSA) is 63.6 Å². The van der Waals surface area contributed by atoms with E-state index in [4.69, 9.17) is 8.83 Å². The minimum atomic E-state index is -0.501. The van der Waals surface area contributed by atoms with Gasteiger partial charge in [0, 0.05) is 18.9 Å². The molecule has 0 aliphatic heterocycles. The van der Waals surface area contributed by atoms with Crippen molar-refractivity contribution >= 4 is 0 Å². The van der Waals surface area contributed by atoms with E-state index in [1.165, 1.54) is 6.07 Å². The Hall–Kier alpha value is -1.97. The molecule has 2 heterocycles. The molecule has 4 nitrogen and oxygen atoms in total. The minimum Gasteiger partial charge on any atom is -0.508 e. The van der Waals surface area contributed by atoms with Crippen LogP contribution in [0, 0.1) is 5.41 Å². The molecule has 18 heavy (non-hydrogen) atoms. The molecule has 2 aromatic rings. The summed E-state index contributed by atoms with van der Waals surface area (Å²) < 4.78 is 10.5. The Morgan fingerprint density at radius 1 is 1.22 bits per heavy atom. The van der Waals surface area contributed by atoms with Crippen molar-refractivity contribution in [2.24, 2.45) is 5.41 Å². The van der Waals surface area contributed by atoms with Crippen LogP contribution in [0.1, 0.15) is 24.4 Å². The molecule has 1 N–H and O–H groups in total. The highest BCUT2D eigenvalue weighted by atomic mass is 16.4. The molecular weight excluding hydrogens is 232 g/mol. The quantitative estimate of drug-likeness (QED) is 0.900. The Morgan fingerprint density at radius 3 is 2.61 bits per heavy atom. The molecule has 0 spiro atoms. The SMILES string of the molecule is O=c1cc(O)cc(CC2(Cc3ccco3)CC2)o1. The second kappa shape index (κ2) is 4.05. The molecule has 0 unspecified atom stereocenters. The Kier molecular flexibility index (Phi) is 2.51. The average molecular weight is 246 g/mol. The van der Waals surface area contributed by atoms with Gasteiger partial charge in [0.05, 0.1) is 12.3 Å². The molecule has 0 saturated heterocycles. The third-order valence-electron chi connectivity index (χ3n) is 3.44. The molecule has 0 radical (unpaired) electrons. The third-order valence-corrected chi connectivity index (χ3v) is 3.44. The Labute approximate surface area is 104 Å². The second-order valence-corrected chi connectivity index (χ2v) is 5.03. The first-order valence-electron chi connectivity index (χ1n) is 6.01. The predicted octanol–water partition coefficient (Wildman–Crippen LogP) is 2.50. The highest BCUT2D eigenvalue weighted by Gasteiger charge is 2.44. The van der Waals surface area contributed by atoms with Gasteiger partial charge in [0.15, 0.2) is 0 Å². The molecule has 1 aliphatic rings. The molecule has 0 aromatic carbocycles. The van der Waals surface area contributed by atoms with Crippen molar-refractivity contribution < 1.29 is 13.9 Å². The maximum atomic E-state index is 11.2. The van der Waals surface area contributed by atoms with Gasteiger partial charge in [-0.3, -0.25) is 0 Å². The fourth-order valence-corrected chi connectivity index (χ4v) is 2.35. The fourth-order valence-electron chi connectivity index (χ4n) is 2.35. The normalized spacial score (nSPS) is 16.7. The molecule has 2 aromatic heterocycles. The number of rotatable bonds is 4. The van der Waals surface area contributed by atoms with E-state index in [0.717, 1.165) is 31.1 Å². The minimum absolute atomic E-state index is 0.0324. The van der Waals surface area contributed by atoms with Crippen LogP contribution in [0.15, 0.2) is 44.2 Å². The van der Waals surface area contributed by atoms with Gasteiger partial charge in [-0.05, 0) is 30.4 Å². The van der Waals surface area contributed by atoms with Crippen LogP contribution < -0.4 is 5.63 Å². The van der Waals surface area contributed by atoms with Crippen molar-refractivity contribution in [1.82, 2.24) is 0 Å². The van der Waals surface area contributed by atoms with E-state index < -0.39 is 5.63 Å². The van der Waals surface area contributed by atoms with Crippen LogP contribution in [0.4, 0.5) is 0 Å². The van der Waals surface area contributed by atoms with Crippen molar-refractivity contribution in [2.45, 2.75) is 25.7 Å². The maximum Gasteiger partial charge on any atom is 0.339 e. The Balaban J connectivity index is 1.77. The summed E-state index contributed by atoms with van der Waals surface area (Å²) in [5, 5.41) is 9.39. The second-order valence-electron chi connectivity index (χ2n) is 5.03. The van der Waals surface area contributed by atoms with Gasteiger partial charge in [0.25, 0.3) is 0 Å². The van der Waals surface area contributed by atoms with Crippen LogP contribution in [0.25, 0.3) is 0 Å². The van der Waals surface area contributed by atoms with Gasteiger partial charge >= 0.3 is 5.63 Å². The lowest BCUT2D eigenvalue weighted by atomic mass is 9.95. The zero-order chi connectivity index (χ0) is 12.6. The van der Waals surface area contributed by atoms with E-state index in [1.54, 1.807) is 6.26 Å². The standard InChI is InChI=1S/C14H14O4/c15-10-6-12(18-13(16)7-10)9-14(3-4-14)8-11-2-1-5-17-11/h1-2,5-7,15H,3-4,8-9H2. The summed E-state index contributed by atoms with van der Waals surface area (Å²) in [5.74, 6) is 1.47. The molecule has 3 rings (SSSR count). The van der Waals surface area contributed by atoms with Crippen LogP contribution >= 0.6 is 0 Å². The van der Waals surface area contributed by atoms with Crippen molar-refractivity contribution in [1.29, 1.82) is 0 Å². The lowest BCUT2D eigenvalue weighted by Crippen LogP contribution is -2.10. The Morgan fingerprint density at radius 2 is 2.00 bits per heavy atom. The van der Waals surface area contributed by atoms with Crippen LogP contribution in [0.3, 0.4) is 0 Å². The van der Waals surface area contributed by atoms with Gasteiger partial charge < -0.3 is 13.9 Å². The number of aromatic hydroxyl groups is 1.